The van der Waals surface area contributed by atoms with Gasteiger partial charge in [-0.3, -0.25) is 9.59 Å². The number of H-pyrrole nitrogens is 1. The van der Waals surface area contributed by atoms with Crippen molar-refractivity contribution in [2.24, 2.45) is 0 Å². The first-order valence-corrected chi connectivity index (χ1v) is 11.5. The van der Waals surface area contributed by atoms with E-state index in [-0.39, 0.29) is 35.6 Å². The van der Waals surface area contributed by atoms with Crippen LogP contribution in [0.1, 0.15) is 60.4 Å². The van der Waals surface area contributed by atoms with Crippen LogP contribution in [0.5, 0.6) is 0 Å². The highest BCUT2D eigenvalue weighted by atomic mass is 19.3. The Morgan fingerprint density at radius 3 is 2.88 bits per heavy atom. The summed E-state index contributed by atoms with van der Waals surface area (Å²) in [6.07, 6.45) is 5.54. The van der Waals surface area contributed by atoms with Crippen molar-refractivity contribution in [3.63, 3.8) is 0 Å². The van der Waals surface area contributed by atoms with Gasteiger partial charge in [-0.2, -0.15) is 13.9 Å². The van der Waals surface area contributed by atoms with Crippen LogP contribution in [-0.2, 0) is 11.2 Å². The van der Waals surface area contributed by atoms with Crippen molar-refractivity contribution in [3.05, 3.63) is 53.2 Å². The molecule has 1 aliphatic carbocycles. The number of nitrogens with one attached hydrogen (secondary N) is 2. The molecule has 3 aromatic rings. The summed E-state index contributed by atoms with van der Waals surface area (Å²) in [5.41, 5.74) is 1.30. The Morgan fingerprint density at radius 2 is 2.12 bits per heavy atom. The van der Waals surface area contributed by atoms with E-state index >= 15 is 0 Å². The van der Waals surface area contributed by atoms with Crippen LogP contribution < -0.4 is 5.32 Å². The molecule has 180 valence electrons. The average Bonchev–Trinajstić information content (AvgIpc) is 3.54. The molecule has 2 atom stereocenters. The molecule has 0 radical (unpaired) electrons. The summed E-state index contributed by atoms with van der Waals surface area (Å²) in [7, 11) is 0. The molecule has 10 heteroatoms. The third-order valence-electron chi connectivity index (χ3n) is 7.27. The highest BCUT2D eigenvalue weighted by Crippen LogP contribution is 2.42. The molecular formula is C24H26F3N5O2. The van der Waals surface area contributed by atoms with Gasteiger partial charge in [-0.25, -0.2) is 9.07 Å². The van der Waals surface area contributed by atoms with Crippen molar-refractivity contribution in [2.45, 2.75) is 63.6 Å². The first-order chi connectivity index (χ1) is 16.3. The Balaban J connectivity index is 1.27. The summed E-state index contributed by atoms with van der Waals surface area (Å²) in [5.74, 6) is -0.824. The first-order valence-electron chi connectivity index (χ1n) is 11.5. The van der Waals surface area contributed by atoms with Crippen LogP contribution in [0.4, 0.5) is 13.2 Å². The van der Waals surface area contributed by atoms with Crippen molar-refractivity contribution < 1.29 is 22.8 Å². The number of aromatic amines is 1. The van der Waals surface area contributed by atoms with Crippen molar-refractivity contribution >= 4 is 22.7 Å². The molecule has 3 heterocycles. The minimum Gasteiger partial charge on any atom is -0.361 e. The molecule has 2 N–H and O–H groups in total. The van der Waals surface area contributed by atoms with E-state index in [0.29, 0.717) is 24.1 Å². The van der Waals surface area contributed by atoms with Gasteiger partial charge in [0.15, 0.2) is 5.69 Å². The second-order valence-corrected chi connectivity index (χ2v) is 9.25. The number of carbonyl (C=O) groups excluding carboxylic acids is 2. The highest BCUT2D eigenvalue weighted by molar-refractivity contribution is 5.93. The smallest absolute Gasteiger partial charge is 0.333 e. The van der Waals surface area contributed by atoms with E-state index < -0.39 is 18.0 Å². The predicted molar refractivity (Wildman–Crippen MR) is 119 cm³/mol. The number of likely N-dealkylation sites (tertiary alicyclic amines) is 1. The maximum absolute atomic E-state index is 13.7. The Kier molecular flexibility index (Phi) is 5.61. The SMILES string of the molecule is Cc1cc(C(=O)N[C@@]23CCC[C@@H]2N(C(=O)CCc2c[nH]c4ccc(F)cc24)CC3)nn1C(F)F. The molecule has 2 amide bonds. The standard InChI is InChI=1S/C24H26F3N5O2/c1-14-11-19(30-32(14)23(26)27)22(34)29-24-8-2-3-20(24)31(10-9-24)21(33)7-4-15-13-28-18-6-5-16(25)12-17(15)18/h5-6,11-13,20,23,28H,2-4,7-10H2,1H3,(H,29,34)/t20-,24+/m0/s1. The fourth-order valence-electron chi connectivity index (χ4n) is 5.61. The molecule has 1 aliphatic heterocycles. The summed E-state index contributed by atoms with van der Waals surface area (Å²) < 4.78 is 40.3. The zero-order valence-corrected chi connectivity index (χ0v) is 18.8. The van der Waals surface area contributed by atoms with Gasteiger partial charge in [-0.05, 0) is 68.9 Å². The number of amides is 2. The van der Waals surface area contributed by atoms with Gasteiger partial charge in [0.25, 0.3) is 5.91 Å². The van der Waals surface area contributed by atoms with E-state index in [0.717, 1.165) is 35.7 Å². The van der Waals surface area contributed by atoms with Crippen LogP contribution in [0.15, 0.2) is 30.5 Å². The van der Waals surface area contributed by atoms with E-state index in [1.807, 2.05) is 11.1 Å². The summed E-state index contributed by atoms with van der Waals surface area (Å²) in [6, 6.07) is 5.76. The minimum atomic E-state index is -2.81. The number of hydrogen-bond donors (Lipinski definition) is 2. The lowest BCUT2D eigenvalue weighted by Gasteiger charge is -2.33. The molecule has 7 nitrogen and oxygen atoms in total. The molecule has 1 aromatic carbocycles. The molecule has 2 aliphatic rings. The van der Waals surface area contributed by atoms with Crippen molar-refractivity contribution in [1.29, 1.82) is 0 Å². The second kappa shape index (κ2) is 8.48. The topological polar surface area (TPSA) is 83.0 Å². The monoisotopic (exact) mass is 473 g/mol. The zero-order chi connectivity index (χ0) is 24.0. The summed E-state index contributed by atoms with van der Waals surface area (Å²) >= 11 is 0. The minimum absolute atomic E-state index is 0.00778. The number of fused-ring (bicyclic) bond motifs is 2. The molecule has 1 saturated heterocycles. The summed E-state index contributed by atoms with van der Waals surface area (Å²) in [6.45, 7) is -0.811. The van der Waals surface area contributed by atoms with Crippen LogP contribution in [0.3, 0.4) is 0 Å². The van der Waals surface area contributed by atoms with Crippen molar-refractivity contribution in [3.8, 4) is 0 Å². The Morgan fingerprint density at radius 1 is 1.29 bits per heavy atom. The highest BCUT2D eigenvalue weighted by Gasteiger charge is 2.52. The Hall–Kier alpha value is -3.30. The third-order valence-corrected chi connectivity index (χ3v) is 7.27. The van der Waals surface area contributed by atoms with Gasteiger partial charge >= 0.3 is 6.55 Å². The predicted octanol–water partition coefficient (Wildman–Crippen LogP) is 4.09. The lowest BCUT2D eigenvalue weighted by atomic mass is 9.92. The van der Waals surface area contributed by atoms with Crippen LogP contribution in [0, 0.1) is 12.7 Å². The van der Waals surface area contributed by atoms with E-state index in [2.05, 4.69) is 15.4 Å². The fraction of sp³-hybridized carbons (Fsp3) is 0.458. The summed E-state index contributed by atoms with van der Waals surface area (Å²) in [4.78, 5) is 31.0. The zero-order valence-electron chi connectivity index (χ0n) is 18.8. The first kappa shape index (κ1) is 22.5. The van der Waals surface area contributed by atoms with Gasteiger partial charge in [0.1, 0.15) is 5.82 Å². The molecule has 34 heavy (non-hydrogen) atoms. The number of hydrogen-bond acceptors (Lipinski definition) is 3. The number of nitrogens with zero attached hydrogens (tertiary/aromatic N) is 3. The van der Waals surface area contributed by atoms with E-state index in [4.69, 9.17) is 0 Å². The molecule has 0 bridgehead atoms. The van der Waals surface area contributed by atoms with Gasteiger partial charge in [-0.15, -0.1) is 0 Å². The number of aromatic nitrogens is 3. The van der Waals surface area contributed by atoms with Gasteiger partial charge in [0.2, 0.25) is 5.91 Å². The van der Waals surface area contributed by atoms with E-state index in [1.54, 1.807) is 6.07 Å². The van der Waals surface area contributed by atoms with Gasteiger partial charge in [0.05, 0.1) is 11.6 Å². The molecule has 0 spiro atoms. The Labute approximate surface area is 194 Å². The van der Waals surface area contributed by atoms with Crippen LogP contribution >= 0.6 is 0 Å². The molecular weight excluding hydrogens is 447 g/mol. The van der Waals surface area contributed by atoms with E-state index in [1.165, 1.54) is 25.1 Å². The van der Waals surface area contributed by atoms with Gasteiger partial charge in [-0.1, -0.05) is 0 Å². The van der Waals surface area contributed by atoms with Crippen LogP contribution in [0.2, 0.25) is 0 Å². The lowest BCUT2D eigenvalue weighted by Crippen LogP contribution is -2.54. The van der Waals surface area contributed by atoms with Crippen molar-refractivity contribution in [2.75, 3.05) is 6.54 Å². The van der Waals surface area contributed by atoms with Crippen molar-refractivity contribution in [1.82, 2.24) is 25.0 Å². The number of benzene rings is 1. The number of alkyl halides is 2. The van der Waals surface area contributed by atoms with E-state index in [9.17, 15) is 22.8 Å². The van der Waals surface area contributed by atoms with Gasteiger partial charge in [0, 0.05) is 35.8 Å². The Bertz CT molecular complexity index is 1250. The molecule has 2 aromatic heterocycles. The number of rotatable bonds is 6. The summed E-state index contributed by atoms with van der Waals surface area (Å²) in [5, 5.41) is 7.56. The number of aryl methyl sites for hydroxylation is 2. The maximum atomic E-state index is 13.7. The van der Waals surface area contributed by atoms with Crippen LogP contribution in [-0.4, -0.2) is 49.6 Å². The lowest BCUT2D eigenvalue weighted by molar-refractivity contribution is -0.132. The fourth-order valence-corrected chi connectivity index (χ4v) is 5.61. The normalized spacial score (nSPS) is 22.0. The second-order valence-electron chi connectivity index (χ2n) is 9.25. The van der Waals surface area contributed by atoms with Crippen LogP contribution in [0.25, 0.3) is 10.9 Å². The molecule has 0 unspecified atom stereocenters. The quantitative estimate of drug-likeness (QED) is 0.566. The molecule has 1 saturated carbocycles. The molecule has 5 rings (SSSR count). The van der Waals surface area contributed by atoms with Gasteiger partial charge < -0.3 is 15.2 Å². The average molecular weight is 473 g/mol. The number of carbonyl (C=O) groups is 2. The largest absolute Gasteiger partial charge is 0.361 e. The maximum Gasteiger partial charge on any atom is 0.333 e. The third kappa shape index (κ3) is 3.84. The molecule has 2 fully saturated rings. The number of halogens is 3.